The molecule has 0 bridgehead atoms. The number of aromatic amines is 1. The quantitative estimate of drug-likeness (QED) is 0.802. The molecule has 1 heterocycles. The highest BCUT2D eigenvalue weighted by molar-refractivity contribution is 5.13. The van der Waals surface area contributed by atoms with E-state index in [9.17, 15) is 0 Å². The third kappa shape index (κ3) is 2.46. The normalized spacial score (nSPS) is 19.1. The molecule has 16 heavy (non-hydrogen) atoms. The molecule has 0 saturated heterocycles. The van der Waals surface area contributed by atoms with Crippen LogP contribution in [-0.4, -0.2) is 16.7 Å². The minimum atomic E-state index is 0.581. The summed E-state index contributed by atoms with van der Waals surface area (Å²) in [5, 5.41) is 10.6. The van der Waals surface area contributed by atoms with Crippen molar-refractivity contribution < 1.29 is 0 Å². The SMILES string of the molecule is CCC1(CNCc2cn[nH]c2C)CCCC1. The van der Waals surface area contributed by atoms with Gasteiger partial charge in [0.1, 0.15) is 0 Å². The van der Waals surface area contributed by atoms with Gasteiger partial charge in [-0.05, 0) is 31.6 Å². The molecule has 90 valence electrons. The molecular weight excluding hydrogens is 198 g/mol. The molecule has 2 N–H and O–H groups in total. The van der Waals surface area contributed by atoms with Gasteiger partial charge in [0.25, 0.3) is 0 Å². The molecule has 1 saturated carbocycles. The van der Waals surface area contributed by atoms with E-state index in [0.29, 0.717) is 5.41 Å². The molecular formula is C13H23N3. The minimum absolute atomic E-state index is 0.581. The topological polar surface area (TPSA) is 40.7 Å². The Labute approximate surface area is 98.0 Å². The monoisotopic (exact) mass is 221 g/mol. The van der Waals surface area contributed by atoms with Gasteiger partial charge in [-0.3, -0.25) is 5.10 Å². The van der Waals surface area contributed by atoms with E-state index >= 15 is 0 Å². The summed E-state index contributed by atoms with van der Waals surface area (Å²) in [6.07, 6.45) is 8.88. The van der Waals surface area contributed by atoms with Crippen molar-refractivity contribution in [2.75, 3.05) is 6.54 Å². The smallest absolute Gasteiger partial charge is 0.0535 e. The first-order valence-electron chi connectivity index (χ1n) is 6.45. The number of hydrogen-bond acceptors (Lipinski definition) is 2. The van der Waals surface area contributed by atoms with E-state index in [4.69, 9.17) is 0 Å². The number of nitrogens with zero attached hydrogens (tertiary/aromatic N) is 1. The maximum absolute atomic E-state index is 4.04. The fourth-order valence-electron chi connectivity index (χ4n) is 2.80. The number of nitrogens with one attached hydrogen (secondary N) is 2. The highest BCUT2D eigenvalue weighted by atomic mass is 15.1. The lowest BCUT2D eigenvalue weighted by Gasteiger charge is -2.27. The molecule has 0 atom stereocenters. The Morgan fingerprint density at radius 1 is 1.44 bits per heavy atom. The molecule has 3 nitrogen and oxygen atoms in total. The first kappa shape index (κ1) is 11.6. The molecule has 1 fully saturated rings. The summed E-state index contributed by atoms with van der Waals surface area (Å²) < 4.78 is 0. The highest BCUT2D eigenvalue weighted by Gasteiger charge is 2.31. The molecule has 0 unspecified atom stereocenters. The van der Waals surface area contributed by atoms with Crippen LogP contribution in [0.5, 0.6) is 0 Å². The van der Waals surface area contributed by atoms with Crippen molar-refractivity contribution in [1.29, 1.82) is 0 Å². The predicted molar refractivity (Wildman–Crippen MR) is 66.2 cm³/mol. The van der Waals surface area contributed by atoms with Crippen molar-refractivity contribution >= 4 is 0 Å². The zero-order valence-electron chi connectivity index (χ0n) is 10.5. The number of H-pyrrole nitrogens is 1. The number of aryl methyl sites for hydroxylation is 1. The first-order valence-corrected chi connectivity index (χ1v) is 6.45. The van der Waals surface area contributed by atoms with Gasteiger partial charge in [-0.25, -0.2) is 0 Å². The molecule has 1 aliphatic carbocycles. The Morgan fingerprint density at radius 2 is 2.19 bits per heavy atom. The highest BCUT2D eigenvalue weighted by Crippen LogP contribution is 2.40. The first-order chi connectivity index (χ1) is 7.76. The number of aromatic nitrogens is 2. The lowest BCUT2D eigenvalue weighted by Crippen LogP contribution is -2.31. The van der Waals surface area contributed by atoms with E-state index in [-0.39, 0.29) is 0 Å². The Balaban J connectivity index is 1.81. The molecule has 2 rings (SSSR count). The van der Waals surface area contributed by atoms with Gasteiger partial charge in [0.05, 0.1) is 6.20 Å². The average molecular weight is 221 g/mol. The number of hydrogen-bond donors (Lipinski definition) is 2. The van der Waals surface area contributed by atoms with Crippen molar-refractivity contribution in [1.82, 2.24) is 15.5 Å². The van der Waals surface area contributed by atoms with Gasteiger partial charge in [0.2, 0.25) is 0 Å². The third-order valence-corrected chi connectivity index (χ3v) is 4.16. The van der Waals surface area contributed by atoms with Crippen LogP contribution in [0.3, 0.4) is 0 Å². The standard InChI is InChI=1S/C13H23N3/c1-3-13(6-4-5-7-13)10-14-8-12-9-15-16-11(12)2/h9,14H,3-8,10H2,1-2H3,(H,15,16). The summed E-state index contributed by atoms with van der Waals surface area (Å²) >= 11 is 0. The second-order valence-electron chi connectivity index (χ2n) is 5.18. The van der Waals surface area contributed by atoms with Crippen molar-refractivity contribution in [3.05, 3.63) is 17.5 Å². The van der Waals surface area contributed by atoms with Crippen LogP contribution in [0.2, 0.25) is 0 Å². The summed E-state index contributed by atoms with van der Waals surface area (Å²) in [5.41, 5.74) is 3.06. The van der Waals surface area contributed by atoms with Crippen molar-refractivity contribution in [2.45, 2.75) is 52.5 Å². The lowest BCUT2D eigenvalue weighted by molar-refractivity contribution is 0.268. The van der Waals surface area contributed by atoms with Gasteiger partial charge in [-0.15, -0.1) is 0 Å². The van der Waals surface area contributed by atoms with E-state index < -0.39 is 0 Å². The van der Waals surface area contributed by atoms with Gasteiger partial charge in [-0.2, -0.15) is 5.10 Å². The Kier molecular flexibility index (Phi) is 3.64. The van der Waals surface area contributed by atoms with Crippen LogP contribution in [0, 0.1) is 12.3 Å². The summed E-state index contributed by atoms with van der Waals surface area (Å²) in [4.78, 5) is 0. The maximum atomic E-state index is 4.04. The molecule has 0 aliphatic heterocycles. The molecule has 1 aromatic rings. The van der Waals surface area contributed by atoms with Gasteiger partial charge in [0, 0.05) is 24.3 Å². The van der Waals surface area contributed by atoms with Crippen LogP contribution >= 0.6 is 0 Å². The lowest BCUT2D eigenvalue weighted by atomic mass is 9.83. The summed E-state index contributed by atoms with van der Waals surface area (Å²) in [7, 11) is 0. The summed E-state index contributed by atoms with van der Waals surface area (Å²) in [5.74, 6) is 0. The minimum Gasteiger partial charge on any atom is -0.312 e. The van der Waals surface area contributed by atoms with Crippen LogP contribution in [0.1, 0.15) is 50.3 Å². The second-order valence-corrected chi connectivity index (χ2v) is 5.18. The molecule has 3 heteroatoms. The Morgan fingerprint density at radius 3 is 2.75 bits per heavy atom. The zero-order valence-corrected chi connectivity index (χ0v) is 10.5. The Hall–Kier alpha value is -0.830. The van der Waals surface area contributed by atoms with E-state index in [0.717, 1.165) is 13.1 Å². The van der Waals surface area contributed by atoms with Crippen LogP contribution in [0.4, 0.5) is 0 Å². The van der Waals surface area contributed by atoms with Crippen LogP contribution < -0.4 is 5.32 Å². The fourth-order valence-corrected chi connectivity index (χ4v) is 2.80. The van der Waals surface area contributed by atoms with E-state index in [2.05, 4.69) is 29.4 Å². The van der Waals surface area contributed by atoms with Crippen molar-refractivity contribution in [3.63, 3.8) is 0 Å². The van der Waals surface area contributed by atoms with Gasteiger partial charge < -0.3 is 5.32 Å². The van der Waals surface area contributed by atoms with E-state index in [1.807, 2.05) is 6.20 Å². The largest absolute Gasteiger partial charge is 0.312 e. The second kappa shape index (κ2) is 5.00. The van der Waals surface area contributed by atoms with E-state index in [1.165, 1.54) is 43.4 Å². The van der Waals surface area contributed by atoms with Gasteiger partial charge in [-0.1, -0.05) is 19.8 Å². The predicted octanol–water partition coefficient (Wildman–Crippen LogP) is 2.78. The summed E-state index contributed by atoms with van der Waals surface area (Å²) in [6.45, 7) is 6.52. The van der Waals surface area contributed by atoms with Crippen molar-refractivity contribution in [3.8, 4) is 0 Å². The zero-order chi connectivity index (χ0) is 11.4. The molecule has 0 aromatic carbocycles. The van der Waals surface area contributed by atoms with Gasteiger partial charge >= 0.3 is 0 Å². The fraction of sp³-hybridized carbons (Fsp3) is 0.769. The molecule has 0 amide bonds. The molecule has 0 radical (unpaired) electrons. The van der Waals surface area contributed by atoms with E-state index in [1.54, 1.807) is 0 Å². The average Bonchev–Trinajstić information content (AvgIpc) is 2.90. The van der Waals surface area contributed by atoms with Crippen molar-refractivity contribution in [2.24, 2.45) is 5.41 Å². The molecule has 1 aliphatic rings. The summed E-state index contributed by atoms with van der Waals surface area (Å²) in [6, 6.07) is 0. The Bertz CT molecular complexity index is 324. The molecule has 0 spiro atoms. The maximum Gasteiger partial charge on any atom is 0.0535 e. The number of rotatable bonds is 5. The van der Waals surface area contributed by atoms with Crippen LogP contribution in [0.15, 0.2) is 6.20 Å². The third-order valence-electron chi connectivity index (χ3n) is 4.16. The molecule has 1 aromatic heterocycles. The van der Waals surface area contributed by atoms with Crippen LogP contribution in [0.25, 0.3) is 0 Å². The van der Waals surface area contributed by atoms with Crippen LogP contribution in [-0.2, 0) is 6.54 Å². The van der Waals surface area contributed by atoms with Gasteiger partial charge in [0.15, 0.2) is 0 Å².